The summed E-state index contributed by atoms with van der Waals surface area (Å²) in [6, 6.07) is 10.8. The number of pyridine rings is 1. The monoisotopic (exact) mass is 432 g/mol. The van der Waals surface area contributed by atoms with Crippen molar-refractivity contribution in [3.63, 3.8) is 0 Å². The molecule has 1 amide bonds. The molecule has 1 atom stereocenters. The molecule has 32 heavy (non-hydrogen) atoms. The largest absolute Gasteiger partial charge is 0.424 e. The van der Waals surface area contributed by atoms with Crippen LogP contribution in [0.4, 0.5) is 6.01 Å². The molecule has 1 saturated heterocycles. The highest BCUT2D eigenvalue weighted by atomic mass is 16.4. The summed E-state index contributed by atoms with van der Waals surface area (Å²) in [5, 5.41) is 3.28. The molecular weight excluding hydrogens is 404 g/mol. The van der Waals surface area contributed by atoms with Gasteiger partial charge in [-0.2, -0.15) is 4.98 Å². The molecule has 1 aliphatic rings. The predicted molar refractivity (Wildman–Crippen MR) is 125 cm³/mol. The number of rotatable bonds is 5. The van der Waals surface area contributed by atoms with Gasteiger partial charge < -0.3 is 19.5 Å². The predicted octanol–water partition coefficient (Wildman–Crippen LogP) is 3.74. The molecule has 5 rings (SSSR count). The normalized spacial score (nSPS) is 16.0. The van der Waals surface area contributed by atoms with Crippen molar-refractivity contribution in [2.24, 2.45) is 0 Å². The molecule has 1 aliphatic heterocycles. The van der Waals surface area contributed by atoms with E-state index >= 15 is 0 Å². The molecule has 1 fully saturated rings. The topological polar surface area (TPSA) is 78.9 Å². The minimum Gasteiger partial charge on any atom is -0.424 e. The highest BCUT2D eigenvalue weighted by molar-refractivity contribution is 5.93. The van der Waals surface area contributed by atoms with E-state index in [-0.39, 0.29) is 5.91 Å². The number of hydrogen-bond acceptors (Lipinski definition) is 6. The molecule has 4 aromatic rings. The second-order valence-electron chi connectivity index (χ2n) is 8.54. The summed E-state index contributed by atoms with van der Waals surface area (Å²) in [5.41, 5.74) is 4.89. The standard InChI is InChI=1S/C24H28N6O2/c1-4-16(2)26-24-27-19-13-17(5-7-21(19)32-24)18-6-8-22-25-14-20(30(22)15-18)23(31)29-11-9-28(3)10-12-29/h5-8,13-16H,4,9-12H2,1-3H3,(H,26,27). The Morgan fingerprint density at radius 1 is 1.16 bits per heavy atom. The molecule has 1 N–H and O–H groups in total. The van der Waals surface area contributed by atoms with Crippen molar-refractivity contribution in [2.45, 2.75) is 26.3 Å². The maximum absolute atomic E-state index is 13.1. The van der Waals surface area contributed by atoms with Gasteiger partial charge in [0.1, 0.15) is 16.9 Å². The second kappa shape index (κ2) is 8.27. The number of anilines is 1. The Bertz CT molecular complexity index is 1270. The smallest absolute Gasteiger partial charge is 0.295 e. The lowest BCUT2D eigenvalue weighted by molar-refractivity contribution is 0.0657. The van der Waals surface area contributed by atoms with Crippen molar-refractivity contribution in [1.29, 1.82) is 0 Å². The van der Waals surface area contributed by atoms with E-state index in [9.17, 15) is 4.79 Å². The molecule has 0 bridgehead atoms. The van der Waals surface area contributed by atoms with Crippen LogP contribution in [-0.4, -0.2) is 69.3 Å². The number of carbonyl (C=O) groups is 1. The maximum atomic E-state index is 13.1. The minimum atomic E-state index is 0.0236. The fourth-order valence-corrected chi connectivity index (χ4v) is 3.96. The van der Waals surface area contributed by atoms with Gasteiger partial charge in [-0.25, -0.2) is 4.98 Å². The Kier molecular flexibility index (Phi) is 5.30. The van der Waals surface area contributed by atoms with Crippen LogP contribution in [0.1, 0.15) is 30.8 Å². The third-order valence-corrected chi connectivity index (χ3v) is 6.22. The molecule has 8 heteroatoms. The number of fused-ring (bicyclic) bond motifs is 2. The molecule has 0 aliphatic carbocycles. The van der Waals surface area contributed by atoms with E-state index in [0.29, 0.717) is 17.8 Å². The Hall–Kier alpha value is -3.39. The molecule has 1 unspecified atom stereocenters. The van der Waals surface area contributed by atoms with Crippen molar-refractivity contribution in [3.8, 4) is 11.1 Å². The Morgan fingerprint density at radius 2 is 1.94 bits per heavy atom. The van der Waals surface area contributed by atoms with Crippen LogP contribution in [0, 0.1) is 0 Å². The highest BCUT2D eigenvalue weighted by Gasteiger charge is 2.23. The van der Waals surface area contributed by atoms with Crippen molar-refractivity contribution < 1.29 is 9.21 Å². The van der Waals surface area contributed by atoms with E-state index in [1.165, 1.54) is 0 Å². The van der Waals surface area contributed by atoms with Crippen LogP contribution in [-0.2, 0) is 0 Å². The molecule has 8 nitrogen and oxygen atoms in total. The zero-order valence-corrected chi connectivity index (χ0v) is 18.7. The van der Waals surface area contributed by atoms with E-state index in [2.05, 4.69) is 41.1 Å². The van der Waals surface area contributed by atoms with Crippen LogP contribution in [0.15, 0.2) is 47.1 Å². The quantitative estimate of drug-likeness (QED) is 0.518. The third kappa shape index (κ3) is 3.82. The molecule has 1 aromatic carbocycles. The van der Waals surface area contributed by atoms with E-state index in [1.807, 2.05) is 45.8 Å². The van der Waals surface area contributed by atoms with Crippen LogP contribution >= 0.6 is 0 Å². The van der Waals surface area contributed by atoms with Gasteiger partial charge in [0.25, 0.3) is 11.9 Å². The van der Waals surface area contributed by atoms with Crippen molar-refractivity contribution in [1.82, 2.24) is 24.2 Å². The SMILES string of the molecule is CCC(C)Nc1nc2cc(-c3ccc4ncc(C(=O)N5CCN(C)CC5)n4c3)ccc2o1. The lowest BCUT2D eigenvalue weighted by atomic mass is 10.1. The fraction of sp³-hybridized carbons (Fsp3) is 0.375. The first-order chi connectivity index (χ1) is 15.5. The summed E-state index contributed by atoms with van der Waals surface area (Å²) in [6.07, 6.45) is 4.64. The van der Waals surface area contributed by atoms with Gasteiger partial charge in [-0.05, 0) is 55.8 Å². The van der Waals surface area contributed by atoms with Gasteiger partial charge in [0.05, 0.1) is 6.20 Å². The average Bonchev–Trinajstić information content (AvgIpc) is 3.41. The summed E-state index contributed by atoms with van der Waals surface area (Å²) < 4.78 is 7.71. The Balaban J connectivity index is 1.46. The average molecular weight is 433 g/mol. The lowest BCUT2D eigenvalue weighted by Crippen LogP contribution is -2.47. The maximum Gasteiger partial charge on any atom is 0.295 e. The molecular formula is C24H28N6O2. The van der Waals surface area contributed by atoms with Crippen LogP contribution in [0.3, 0.4) is 0 Å². The number of aromatic nitrogens is 3. The van der Waals surface area contributed by atoms with Gasteiger partial charge in [-0.3, -0.25) is 9.20 Å². The number of likely N-dealkylation sites (N-methyl/N-ethyl adjacent to an activating group) is 1. The second-order valence-corrected chi connectivity index (χ2v) is 8.54. The zero-order chi connectivity index (χ0) is 22.2. The molecule has 0 saturated carbocycles. The van der Waals surface area contributed by atoms with Crippen LogP contribution in [0.2, 0.25) is 0 Å². The van der Waals surface area contributed by atoms with Gasteiger partial charge in [-0.1, -0.05) is 13.0 Å². The third-order valence-electron chi connectivity index (χ3n) is 6.22. The first-order valence-corrected chi connectivity index (χ1v) is 11.1. The number of nitrogens with zero attached hydrogens (tertiary/aromatic N) is 5. The number of benzene rings is 1. The van der Waals surface area contributed by atoms with Crippen LogP contribution in [0.5, 0.6) is 0 Å². The molecule has 166 valence electrons. The minimum absolute atomic E-state index is 0.0236. The van der Waals surface area contributed by atoms with Gasteiger partial charge in [0, 0.05) is 38.4 Å². The molecule has 3 aromatic heterocycles. The highest BCUT2D eigenvalue weighted by Crippen LogP contribution is 2.27. The van der Waals surface area contributed by atoms with E-state index < -0.39 is 0 Å². The number of amides is 1. The molecule has 4 heterocycles. The van der Waals surface area contributed by atoms with Gasteiger partial charge in [0.15, 0.2) is 5.58 Å². The Morgan fingerprint density at radius 3 is 2.72 bits per heavy atom. The lowest BCUT2D eigenvalue weighted by Gasteiger charge is -2.32. The summed E-state index contributed by atoms with van der Waals surface area (Å²) in [4.78, 5) is 26.3. The van der Waals surface area contributed by atoms with E-state index in [4.69, 9.17) is 4.42 Å². The number of carbonyl (C=O) groups excluding carboxylic acids is 1. The zero-order valence-electron chi connectivity index (χ0n) is 18.7. The molecule has 0 radical (unpaired) electrons. The van der Waals surface area contributed by atoms with Gasteiger partial charge in [-0.15, -0.1) is 0 Å². The summed E-state index contributed by atoms with van der Waals surface area (Å²) in [7, 11) is 2.08. The number of piperazine rings is 1. The van der Waals surface area contributed by atoms with Crippen LogP contribution in [0.25, 0.3) is 27.9 Å². The first kappa shape index (κ1) is 20.5. The van der Waals surface area contributed by atoms with Crippen molar-refractivity contribution in [2.75, 3.05) is 38.5 Å². The Labute approximate surface area is 186 Å². The summed E-state index contributed by atoms with van der Waals surface area (Å²) in [6.45, 7) is 7.46. The van der Waals surface area contributed by atoms with Crippen molar-refractivity contribution in [3.05, 3.63) is 48.4 Å². The van der Waals surface area contributed by atoms with Gasteiger partial charge in [0.2, 0.25) is 0 Å². The number of imidazole rings is 1. The van der Waals surface area contributed by atoms with Crippen molar-refractivity contribution >= 4 is 28.7 Å². The summed E-state index contributed by atoms with van der Waals surface area (Å²) >= 11 is 0. The number of oxazole rings is 1. The molecule has 0 spiro atoms. The fourth-order valence-electron chi connectivity index (χ4n) is 3.96. The van der Waals surface area contributed by atoms with Gasteiger partial charge >= 0.3 is 0 Å². The van der Waals surface area contributed by atoms with E-state index in [1.54, 1.807) is 6.20 Å². The number of hydrogen-bond donors (Lipinski definition) is 1. The summed E-state index contributed by atoms with van der Waals surface area (Å²) in [5.74, 6) is 0.0236. The first-order valence-electron chi connectivity index (χ1n) is 11.1. The van der Waals surface area contributed by atoms with E-state index in [0.717, 1.165) is 60.5 Å². The van der Waals surface area contributed by atoms with Crippen LogP contribution < -0.4 is 5.32 Å². The number of nitrogens with one attached hydrogen (secondary N) is 1.